The minimum Gasteiger partial charge on any atom is -0.462 e. The van der Waals surface area contributed by atoms with Crippen LogP contribution in [0.15, 0.2) is 0 Å². The first-order valence-corrected chi connectivity index (χ1v) is 29.3. The number of carbonyl (C=O) groups excluding carboxylic acids is 3. The van der Waals surface area contributed by atoms with Gasteiger partial charge in [0.25, 0.3) is 0 Å². The molecule has 0 heterocycles. The Morgan fingerprint density at radius 3 is 0.800 bits per heavy atom. The molecule has 0 spiro atoms. The molecular weight excluding hydrogens is 805 g/mol. The molecule has 3 atom stereocenters. The molecule has 65 heavy (non-hydrogen) atoms. The summed E-state index contributed by atoms with van der Waals surface area (Å²) >= 11 is 0. The highest BCUT2D eigenvalue weighted by Gasteiger charge is 2.19. The fourth-order valence-electron chi connectivity index (χ4n) is 8.99. The Balaban J connectivity index is 4.22. The van der Waals surface area contributed by atoms with Gasteiger partial charge in [-0.3, -0.25) is 14.4 Å². The second kappa shape index (κ2) is 51.8. The molecule has 0 saturated carbocycles. The highest BCUT2D eigenvalue weighted by molar-refractivity contribution is 5.71. The molecule has 0 bridgehead atoms. The van der Waals surface area contributed by atoms with Crippen LogP contribution < -0.4 is 0 Å². The third kappa shape index (κ3) is 50.1. The van der Waals surface area contributed by atoms with Gasteiger partial charge >= 0.3 is 17.9 Å². The van der Waals surface area contributed by atoms with Gasteiger partial charge in [-0.2, -0.15) is 0 Å². The predicted molar refractivity (Wildman–Crippen MR) is 280 cm³/mol. The predicted octanol–water partition coefficient (Wildman–Crippen LogP) is 19.3. The fraction of sp³-hybridized carbons (Fsp3) is 0.949. The molecule has 6 heteroatoms. The molecule has 386 valence electrons. The molecule has 0 aromatic heterocycles. The van der Waals surface area contributed by atoms with Gasteiger partial charge in [0.1, 0.15) is 13.2 Å². The molecule has 0 saturated heterocycles. The van der Waals surface area contributed by atoms with Gasteiger partial charge in [0, 0.05) is 19.3 Å². The molecule has 0 aliphatic carbocycles. The highest BCUT2D eigenvalue weighted by atomic mass is 16.6. The van der Waals surface area contributed by atoms with Crippen LogP contribution in [0.25, 0.3) is 0 Å². The van der Waals surface area contributed by atoms with Gasteiger partial charge in [0.2, 0.25) is 0 Å². The Labute approximate surface area is 406 Å². The van der Waals surface area contributed by atoms with Crippen LogP contribution in [0.4, 0.5) is 0 Å². The number of hydrogen-bond acceptors (Lipinski definition) is 6. The van der Waals surface area contributed by atoms with E-state index in [-0.39, 0.29) is 31.1 Å². The van der Waals surface area contributed by atoms with Gasteiger partial charge in [0.05, 0.1) is 0 Å². The first-order valence-electron chi connectivity index (χ1n) is 29.3. The summed E-state index contributed by atoms with van der Waals surface area (Å²) in [5.74, 6) is 0.917. The lowest BCUT2D eigenvalue weighted by Crippen LogP contribution is -2.30. The first kappa shape index (κ1) is 63.4. The fourth-order valence-corrected chi connectivity index (χ4v) is 8.99. The molecular formula is C59H114O6. The van der Waals surface area contributed by atoms with Gasteiger partial charge < -0.3 is 14.2 Å². The summed E-state index contributed by atoms with van der Waals surface area (Å²) in [6, 6.07) is 0. The standard InChI is InChI=1S/C59H114O6/c1-6-9-10-11-12-13-14-21-26-29-36-41-46-51-59(62)65-56(53-64-58(61)50-45-40-35-31-30-33-38-43-48-55(5)8-3)52-63-57(60)49-44-39-34-28-25-23-20-18-16-15-17-19-22-24-27-32-37-42-47-54(4)7-2/h54-56H,6-53H2,1-5H3/t54?,55?,56-/m0/s1. The number of ether oxygens (including phenoxy) is 3. The minimum atomic E-state index is -0.762. The number of hydrogen-bond donors (Lipinski definition) is 0. The normalized spacial score (nSPS) is 12.9. The van der Waals surface area contributed by atoms with Crippen molar-refractivity contribution < 1.29 is 28.6 Å². The van der Waals surface area contributed by atoms with Crippen molar-refractivity contribution in [3.63, 3.8) is 0 Å². The van der Waals surface area contributed by atoms with Crippen molar-refractivity contribution in [1.29, 1.82) is 0 Å². The molecule has 0 fully saturated rings. The Hall–Kier alpha value is -1.59. The van der Waals surface area contributed by atoms with Crippen molar-refractivity contribution in [2.75, 3.05) is 13.2 Å². The Bertz CT molecular complexity index is 997. The largest absolute Gasteiger partial charge is 0.462 e. The van der Waals surface area contributed by atoms with E-state index in [1.165, 1.54) is 218 Å². The minimum absolute atomic E-state index is 0.0629. The number of carbonyl (C=O) groups is 3. The summed E-state index contributed by atoms with van der Waals surface area (Å²) in [6.07, 6.45) is 55.2. The van der Waals surface area contributed by atoms with Crippen LogP contribution >= 0.6 is 0 Å². The van der Waals surface area contributed by atoms with E-state index in [0.29, 0.717) is 19.3 Å². The Morgan fingerprint density at radius 2 is 0.538 bits per heavy atom. The van der Waals surface area contributed by atoms with Gasteiger partial charge in [-0.05, 0) is 31.1 Å². The van der Waals surface area contributed by atoms with Crippen molar-refractivity contribution >= 4 is 17.9 Å². The first-order chi connectivity index (χ1) is 31.8. The van der Waals surface area contributed by atoms with E-state index < -0.39 is 6.10 Å². The second-order valence-electron chi connectivity index (χ2n) is 20.8. The molecule has 0 aromatic rings. The zero-order valence-electron chi connectivity index (χ0n) is 44.6. The van der Waals surface area contributed by atoms with E-state index in [0.717, 1.165) is 69.6 Å². The molecule has 2 unspecified atom stereocenters. The van der Waals surface area contributed by atoms with Gasteiger partial charge in [-0.25, -0.2) is 0 Å². The molecule has 0 rings (SSSR count). The summed E-state index contributed by atoms with van der Waals surface area (Å²) in [5, 5.41) is 0. The molecule has 0 aliphatic heterocycles. The van der Waals surface area contributed by atoms with E-state index in [4.69, 9.17) is 14.2 Å². The number of rotatable bonds is 53. The molecule has 0 N–H and O–H groups in total. The molecule has 0 aliphatic rings. The van der Waals surface area contributed by atoms with Crippen LogP contribution in [0, 0.1) is 11.8 Å². The lowest BCUT2D eigenvalue weighted by atomic mass is 9.99. The summed E-state index contributed by atoms with van der Waals surface area (Å²) in [6.45, 7) is 11.5. The quantitative estimate of drug-likeness (QED) is 0.0344. The summed E-state index contributed by atoms with van der Waals surface area (Å²) in [5.41, 5.74) is 0. The maximum absolute atomic E-state index is 12.8. The smallest absolute Gasteiger partial charge is 0.306 e. The maximum atomic E-state index is 12.8. The Kier molecular flexibility index (Phi) is 50.5. The third-order valence-electron chi connectivity index (χ3n) is 14.2. The average Bonchev–Trinajstić information content (AvgIpc) is 3.30. The summed E-state index contributed by atoms with van der Waals surface area (Å²) < 4.78 is 16.9. The molecule has 6 nitrogen and oxygen atoms in total. The van der Waals surface area contributed by atoms with E-state index in [9.17, 15) is 14.4 Å². The summed E-state index contributed by atoms with van der Waals surface area (Å²) in [4.78, 5) is 38.1. The van der Waals surface area contributed by atoms with Crippen LogP contribution in [0.5, 0.6) is 0 Å². The Morgan fingerprint density at radius 1 is 0.308 bits per heavy atom. The van der Waals surface area contributed by atoms with E-state index in [1.807, 2.05) is 0 Å². The van der Waals surface area contributed by atoms with Crippen LogP contribution in [0.3, 0.4) is 0 Å². The molecule has 0 aromatic carbocycles. The van der Waals surface area contributed by atoms with Crippen LogP contribution in [0.2, 0.25) is 0 Å². The third-order valence-corrected chi connectivity index (χ3v) is 14.2. The lowest BCUT2D eigenvalue weighted by molar-refractivity contribution is -0.167. The zero-order valence-corrected chi connectivity index (χ0v) is 44.6. The second-order valence-corrected chi connectivity index (χ2v) is 20.8. The molecule has 0 amide bonds. The SMILES string of the molecule is CCCCCCCCCCCCCCCC(=O)O[C@@H](COC(=O)CCCCCCCCCCCCCCCCCCCCC(C)CC)COC(=O)CCCCCCCCCCC(C)CC. The van der Waals surface area contributed by atoms with Crippen LogP contribution in [-0.2, 0) is 28.6 Å². The van der Waals surface area contributed by atoms with Crippen LogP contribution in [-0.4, -0.2) is 37.2 Å². The number of esters is 3. The van der Waals surface area contributed by atoms with Crippen molar-refractivity contribution in [2.45, 2.75) is 336 Å². The van der Waals surface area contributed by atoms with Gasteiger partial charge in [-0.1, -0.05) is 291 Å². The van der Waals surface area contributed by atoms with Gasteiger partial charge in [-0.15, -0.1) is 0 Å². The number of unbranched alkanes of at least 4 members (excludes halogenated alkanes) is 36. The van der Waals surface area contributed by atoms with E-state index in [1.54, 1.807) is 0 Å². The van der Waals surface area contributed by atoms with E-state index >= 15 is 0 Å². The van der Waals surface area contributed by atoms with E-state index in [2.05, 4.69) is 34.6 Å². The van der Waals surface area contributed by atoms with Crippen molar-refractivity contribution in [3.8, 4) is 0 Å². The van der Waals surface area contributed by atoms with Crippen LogP contribution in [0.1, 0.15) is 330 Å². The highest BCUT2D eigenvalue weighted by Crippen LogP contribution is 2.19. The molecule has 0 radical (unpaired) electrons. The topological polar surface area (TPSA) is 78.9 Å². The average molecular weight is 920 g/mol. The zero-order chi connectivity index (χ0) is 47.5. The maximum Gasteiger partial charge on any atom is 0.306 e. The van der Waals surface area contributed by atoms with Crippen molar-refractivity contribution in [3.05, 3.63) is 0 Å². The van der Waals surface area contributed by atoms with Gasteiger partial charge in [0.15, 0.2) is 6.10 Å². The monoisotopic (exact) mass is 919 g/mol. The van der Waals surface area contributed by atoms with Crippen molar-refractivity contribution in [1.82, 2.24) is 0 Å². The summed E-state index contributed by atoms with van der Waals surface area (Å²) in [7, 11) is 0. The lowest BCUT2D eigenvalue weighted by Gasteiger charge is -2.18. The van der Waals surface area contributed by atoms with Crippen molar-refractivity contribution in [2.24, 2.45) is 11.8 Å².